The van der Waals surface area contributed by atoms with E-state index in [-0.39, 0.29) is 29.8 Å². The SMILES string of the molecule is CC(C)(C)OC(=O)N[C@@H](C(=O)N1CCC[C@H]1c1ncc(C#Cc2ccc3cc(-c4cnc([C@@H]5CCCN5C(=O)[C@H](NC(=O)OC(C)(C)C)C5C=CC=CC5)[nH]4)ccc3c2)[nH]1)c1ccccc1. The molecule has 3 aliphatic rings. The molecule has 14 heteroatoms. The van der Waals surface area contributed by atoms with Gasteiger partial charge in [-0.3, -0.25) is 9.59 Å². The molecule has 2 aliphatic heterocycles. The number of H-pyrrole nitrogens is 2. The highest BCUT2D eigenvalue weighted by atomic mass is 16.6. The number of carbonyl (C=O) groups is 4. The summed E-state index contributed by atoms with van der Waals surface area (Å²) >= 11 is 0. The second-order valence-corrected chi connectivity index (χ2v) is 19.1. The molecule has 3 aromatic carbocycles. The number of aromatic amines is 2. The number of hydrogen-bond acceptors (Lipinski definition) is 8. The molecule has 5 atom stereocenters. The quantitative estimate of drug-likeness (QED) is 0.106. The molecule has 8 rings (SSSR count). The van der Waals surface area contributed by atoms with E-state index in [0.29, 0.717) is 42.4 Å². The fourth-order valence-electron chi connectivity index (χ4n) is 8.82. The Morgan fingerprint density at radius 1 is 0.727 bits per heavy atom. The van der Waals surface area contributed by atoms with Crippen LogP contribution in [0.5, 0.6) is 0 Å². The van der Waals surface area contributed by atoms with Gasteiger partial charge in [-0.15, -0.1) is 0 Å². The number of ether oxygens (including phenoxy) is 2. The first-order valence-electron chi connectivity index (χ1n) is 22.7. The third kappa shape index (κ3) is 10.9. The lowest BCUT2D eigenvalue weighted by atomic mass is 9.91. The van der Waals surface area contributed by atoms with Gasteiger partial charge in [0.05, 0.1) is 30.2 Å². The lowest BCUT2D eigenvalue weighted by Gasteiger charge is -2.32. The molecule has 4 amide bonds. The first-order chi connectivity index (χ1) is 31.6. The summed E-state index contributed by atoms with van der Waals surface area (Å²) in [6, 6.07) is 19.2. The van der Waals surface area contributed by atoms with Crippen LogP contribution in [0, 0.1) is 17.8 Å². The van der Waals surface area contributed by atoms with Gasteiger partial charge in [-0.25, -0.2) is 19.6 Å². The Bertz CT molecular complexity index is 2710. The Morgan fingerprint density at radius 3 is 2.05 bits per heavy atom. The van der Waals surface area contributed by atoms with Crippen molar-refractivity contribution in [1.29, 1.82) is 0 Å². The topological polar surface area (TPSA) is 175 Å². The summed E-state index contributed by atoms with van der Waals surface area (Å²) in [4.78, 5) is 74.0. The highest BCUT2D eigenvalue weighted by molar-refractivity contribution is 5.89. The number of rotatable bonds is 9. The molecule has 4 heterocycles. The maximum Gasteiger partial charge on any atom is 0.408 e. The summed E-state index contributed by atoms with van der Waals surface area (Å²) < 4.78 is 11.1. The van der Waals surface area contributed by atoms with Crippen LogP contribution in [0.2, 0.25) is 0 Å². The summed E-state index contributed by atoms with van der Waals surface area (Å²) in [7, 11) is 0. The molecule has 5 aromatic rings. The Hall–Kier alpha value is -7.14. The van der Waals surface area contributed by atoms with Crippen LogP contribution in [-0.2, 0) is 19.1 Å². The summed E-state index contributed by atoms with van der Waals surface area (Å²) in [6.07, 6.45) is 13.8. The van der Waals surface area contributed by atoms with E-state index in [2.05, 4.69) is 49.6 Å². The monoisotopic (exact) mass is 890 g/mol. The second kappa shape index (κ2) is 19.1. The highest BCUT2D eigenvalue weighted by Gasteiger charge is 2.40. The van der Waals surface area contributed by atoms with E-state index in [1.807, 2.05) is 90.0 Å². The van der Waals surface area contributed by atoms with E-state index in [4.69, 9.17) is 14.5 Å². The number of nitrogens with one attached hydrogen (secondary N) is 4. The number of imidazole rings is 2. The van der Waals surface area contributed by atoms with Crippen LogP contribution < -0.4 is 10.6 Å². The van der Waals surface area contributed by atoms with Crippen molar-refractivity contribution in [1.82, 2.24) is 40.4 Å². The maximum absolute atomic E-state index is 14.2. The Balaban J connectivity index is 0.934. The highest BCUT2D eigenvalue weighted by Crippen LogP contribution is 2.35. The lowest BCUT2D eigenvalue weighted by Crippen LogP contribution is -2.52. The minimum Gasteiger partial charge on any atom is -0.444 e. The summed E-state index contributed by atoms with van der Waals surface area (Å²) in [5.74, 6) is 7.24. The predicted molar refractivity (Wildman–Crippen MR) is 252 cm³/mol. The smallest absolute Gasteiger partial charge is 0.408 e. The largest absolute Gasteiger partial charge is 0.444 e. The fourth-order valence-corrected chi connectivity index (χ4v) is 8.82. The van der Waals surface area contributed by atoms with E-state index in [9.17, 15) is 19.2 Å². The minimum atomic E-state index is -0.922. The third-order valence-electron chi connectivity index (χ3n) is 11.8. The van der Waals surface area contributed by atoms with Crippen molar-refractivity contribution in [2.75, 3.05) is 13.1 Å². The van der Waals surface area contributed by atoms with E-state index in [0.717, 1.165) is 53.3 Å². The van der Waals surface area contributed by atoms with Gasteiger partial charge in [0.1, 0.15) is 40.6 Å². The molecule has 0 saturated carbocycles. The van der Waals surface area contributed by atoms with E-state index >= 15 is 0 Å². The first kappa shape index (κ1) is 45.4. The normalized spacial score (nSPS) is 19.2. The number of allylic oxidation sites excluding steroid dienone is 3. The molecule has 1 unspecified atom stereocenters. The van der Waals surface area contributed by atoms with Gasteiger partial charge in [-0.05, 0) is 114 Å². The van der Waals surface area contributed by atoms with Crippen molar-refractivity contribution in [2.45, 2.75) is 109 Å². The lowest BCUT2D eigenvalue weighted by molar-refractivity contribution is -0.136. The Morgan fingerprint density at radius 2 is 1.36 bits per heavy atom. The zero-order valence-corrected chi connectivity index (χ0v) is 38.4. The van der Waals surface area contributed by atoms with Crippen LogP contribution in [0.15, 0.2) is 103 Å². The first-order valence-corrected chi connectivity index (χ1v) is 22.7. The molecular weight excluding hydrogens is 833 g/mol. The van der Waals surface area contributed by atoms with Gasteiger partial charge >= 0.3 is 12.2 Å². The maximum atomic E-state index is 14.2. The fraction of sp³-hybridized carbons (Fsp3) is 0.385. The number of alkyl carbamates (subject to hydrolysis) is 2. The molecule has 2 saturated heterocycles. The van der Waals surface area contributed by atoms with Gasteiger partial charge in [0.25, 0.3) is 5.91 Å². The number of hydrogen-bond donors (Lipinski definition) is 4. The number of fused-ring (bicyclic) bond motifs is 1. The van der Waals surface area contributed by atoms with Crippen molar-refractivity contribution < 1.29 is 28.7 Å². The number of nitrogens with zero attached hydrogens (tertiary/aromatic N) is 4. The average Bonchev–Trinajstić information content (AvgIpc) is 4.13. The van der Waals surface area contributed by atoms with Gasteiger partial charge in [-0.2, -0.15) is 0 Å². The van der Waals surface area contributed by atoms with Gasteiger partial charge in [0.2, 0.25) is 5.91 Å². The third-order valence-corrected chi connectivity index (χ3v) is 11.8. The van der Waals surface area contributed by atoms with E-state index in [1.165, 1.54) is 0 Å². The van der Waals surface area contributed by atoms with Crippen LogP contribution in [0.1, 0.15) is 120 Å². The number of benzene rings is 3. The number of carbonyl (C=O) groups excluding carboxylic acids is 4. The van der Waals surface area contributed by atoms with Crippen LogP contribution >= 0.6 is 0 Å². The molecule has 2 aromatic heterocycles. The molecule has 2 fully saturated rings. The minimum absolute atomic E-state index is 0.153. The number of likely N-dealkylation sites (tertiary alicyclic amines) is 2. The molecule has 0 spiro atoms. The zero-order chi connectivity index (χ0) is 46.6. The molecule has 342 valence electrons. The van der Waals surface area contributed by atoms with Crippen molar-refractivity contribution in [2.24, 2.45) is 5.92 Å². The van der Waals surface area contributed by atoms with Crippen LogP contribution in [-0.4, -0.2) is 84.1 Å². The van der Waals surface area contributed by atoms with Gasteiger partial charge in [-0.1, -0.05) is 78.8 Å². The predicted octanol–water partition coefficient (Wildman–Crippen LogP) is 8.97. The summed E-state index contributed by atoms with van der Waals surface area (Å²) in [5.41, 5.74) is 2.51. The molecule has 66 heavy (non-hydrogen) atoms. The van der Waals surface area contributed by atoms with Crippen molar-refractivity contribution in [3.63, 3.8) is 0 Å². The molecule has 1 aliphatic carbocycles. The Kier molecular flexibility index (Phi) is 13.2. The van der Waals surface area contributed by atoms with Crippen molar-refractivity contribution >= 4 is 34.8 Å². The Labute approximate surface area is 385 Å². The molecule has 0 radical (unpaired) electrons. The molecular formula is C52H58N8O6. The molecule has 0 bridgehead atoms. The summed E-state index contributed by atoms with van der Waals surface area (Å²) in [6.45, 7) is 11.8. The van der Waals surface area contributed by atoms with Crippen molar-refractivity contribution in [3.8, 4) is 23.1 Å². The second-order valence-electron chi connectivity index (χ2n) is 19.1. The zero-order valence-electron chi connectivity index (χ0n) is 38.4. The van der Waals surface area contributed by atoms with Crippen LogP contribution in [0.25, 0.3) is 22.0 Å². The average molecular weight is 891 g/mol. The van der Waals surface area contributed by atoms with Gasteiger partial charge in [0, 0.05) is 30.1 Å². The van der Waals surface area contributed by atoms with Crippen LogP contribution in [0.3, 0.4) is 0 Å². The van der Waals surface area contributed by atoms with E-state index < -0.39 is 35.5 Å². The number of amides is 4. The number of aromatic nitrogens is 4. The standard InChI is InChI=1S/C52H58N8O6/c1-51(2,3)65-49(63)57-43(34-15-9-7-10-16-34)47(61)59-27-13-19-41(59)45-53-31-39(55-45)26-22-33-21-23-37-30-38(25-24-36(37)29-33)40-32-54-46(56-40)42-20-14-28-60(42)48(62)44(35-17-11-8-12-18-35)58-50(64)66-52(4,5)6/h7-12,15-17,21,23-25,29-32,35,41-44H,13-14,18-20,27-28H2,1-6H3,(H,53,55)(H,54,56)(H,57,63)(H,58,64)/t35?,41-,42-,43+,44+/m0/s1. The van der Waals surface area contributed by atoms with Gasteiger partial charge < -0.3 is 39.9 Å². The van der Waals surface area contributed by atoms with Gasteiger partial charge in [0.15, 0.2) is 0 Å². The van der Waals surface area contributed by atoms with Crippen molar-refractivity contribution in [3.05, 3.63) is 132 Å². The summed E-state index contributed by atoms with van der Waals surface area (Å²) in [5, 5.41) is 7.74. The molecule has 4 N–H and O–H groups in total. The van der Waals surface area contributed by atoms with E-state index in [1.54, 1.807) is 52.6 Å². The van der Waals surface area contributed by atoms with Crippen LogP contribution in [0.4, 0.5) is 9.59 Å². The molecule has 14 nitrogen and oxygen atoms in total.